The zero-order valence-electron chi connectivity index (χ0n) is 42.9. The predicted molar refractivity (Wildman–Crippen MR) is 280 cm³/mol. The average Bonchev–Trinajstić information content (AvgIpc) is 3.62. The van der Waals surface area contributed by atoms with Crippen LogP contribution in [-0.2, 0) is 51.1 Å². The molecular formula is C52H83N3O16P2. The van der Waals surface area contributed by atoms with E-state index < -0.39 is 83.7 Å². The van der Waals surface area contributed by atoms with Crippen molar-refractivity contribution in [1.82, 2.24) is 9.55 Å². The summed E-state index contributed by atoms with van der Waals surface area (Å²) in [5.41, 5.74) is 4.56. The lowest BCUT2D eigenvalue weighted by atomic mass is 10.1. The standard InChI is InChI=1S/C52H83N3O16P2/c1-3-5-7-9-11-13-15-17-18-19-20-22-24-26-28-30-32-36-47(57)66-40-44(69-48(58)37-33-35-43(56)34-31-29-27-25-23-21-16-14-12-10-8-6-4-2)41-67-72(62,63)71-73(64,65)68-42-45-49(59)50(60)51(70-45)55-39-38-46(53)54-52(55)61/h11-14,17-18,21,23,27,29,31,34,38-39,44-45,49-51,59-60H,3-10,15-16,19-20,22,24-26,28,30,32-33,35-37,40-42H2,1-2H3,(H,62,63)(H,64,65)(H2,53,54,61)/b13-11-,14-12-,18-17-,23-21-,29-27-,34-31+/t44-,45-,49-,50-,51-/m1/s1. The van der Waals surface area contributed by atoms with E-state index in [4.69, 9.17) is 29.0 Å². The summed E-state index contributed by atoms with van der Waals surface area (Å²) in [6, 6.07) is 1.23. The van der Waals surface area contributed by atoms with Crippen LogP contribution < -0.4 is 11.4 Å². The van der Waals surface area contributed by atoms with E-state index in [-0.39, 0.29) is 37.3 Å². The fraction of sp³-hybridized carbons (Fsp3) is 0.635. The topological polar surface area (TPSA) is 283 Å². The number of anilines is 1. The molecule has 412 valence electrons. The largest absolute Gasteiger partial charge is 0.481 e. The summed E-state index contributed by atoms with van der Waals surface area (Å²) in [5, 5.41) is 20.9. The van der Waals surface area contributed by atoms with E-state index >= 15 is 0 Å². The molecular weight excluding hydrogens is 985 g/mol. The zero-order valence-corrected chi connectivity index (χ0v) is 44.7. The molecule has 1 aliphatic rings. The first kappa shape index (κ1) is 65.0. The smallest absolute Gasteiger partial charge is 0.462 e. The maximum absolute atomic E-state index is 12.9. The molecule has 2 heterocycles. The summed E-state index contributed by atoms with van der Waals surface area (Å²) in [6.45, 7) is 1.86. The molecule has 0 spiro atoms. The third-order valence-corrected chi connectivity index (χ3v) is 13.8. The fourth-order valence-corrected chi connectivity index (χ4v) is 9.29. The van der Waals surface area contributed by atoms with Gasteiger partial charge in [-0.25, -0.2) is 13.9 Å². The second kappa shape index (κ2) is 39.3. The Morgan fingerprint density at radius 2 is 1.25 bits per heavy atom. The number of phosphoric acid groups is 2. The molecule has 1 aliphatic heterocycles. The molecule has 0 amide bonds. The number of aliphatic hydroxyl groups is 2. The Labute approximate surface area is 431 Å². The molecule has 1 aromatic heterocycles. The van der Waals surface area contributed by atoms with Crippen molar-refractivity contribution >= 4 is 39.2 Å². The molecule has 0 aliphatic carbocycles. The molecule has 73 heavy (non-hydrogen) atoms. The number of hydrogen-bond donors (Lipinski definition) is 5. The summed E-state index contributed by atoms with van der Waals surface area (Å²) in [6.07, 6.45) is 37.0. The third-order valence-electron chi connectivity index (χ3n) is 11.2. The Hall–Kier alpha value is -4.13. The van der Waals surface area contributed by atoms with E-state index in [2.05, 4.69) is 65.7 Å². The highest BCUT2D eigenvalue weighted by Crippen LogP contribution is 2.60. The number of ketones is 1. The van der Waals surface area contributed by atoms with Gasteiger partial charge in [0.15, 0.2) is 18.1 Å². The number of aliphatic hydroxyl groups excluding tert-OH is 2. The number of unbranched alkanes of at least 4 members (excludes halogenated alkanes) is 13. The number of hydrogen-bond acceptors (Lipinski definition) is 16. The number of aromatic nitrogens is 2. The molecule has 0 saturated carbocycles. The van der Waals surface area contributed by atoms with E-state index in [9.17, 15) is 48.3 Å². The van der Waals surface area contributed by atoms with Gasteiger partial charge in [0.1, 0.15) is 30.7 Å². The van der Waals surface area contributed by atoms with Gasteiger partial charge in [-0.1, -0.05) is 138 Å². The highest BCUT2D eigenvalue weighted by atomic mass is 31.3. The van der Waals surface area contributed by atoms with Crippen molar-refractivity contribution in [3.8, 4) is 0 Å². The second-order valence-corrected chi connectivity index (χ2v) is 20.7. The molecule has 0 bridgehead atoms. The Morgan fingerprint density at radius 1 is 0.699 bits per heavy atom. The van der Waals surface area contributed by atoms with Crippen LogP contribution in [0.4, 0.5) is 5.82 Å². The van der Waals surface area contributed by atoms with Crippen LogP contribution in [0.15, 0.2) is 90.0 Å². The van der Waals surface area contributed by atoms with Gasteiger partial charge in [0.25, 0.3) is 0 Å². The van der Waals surface area contributed by atoms with Gasteiger partial charge in [-0.2, -0.15) is 9.29 Å². The van der Waals surface area contributed by atoms with E-state index in [1.54, 1.807) is 12.2 Å². The van der Waals surface area contributed by atoms with Crippen molar-refractivity contribution in [3.63, 3.8) is 0 Å². The first-order valence-corrected chi connectivity index (χ1v) is 28.9. The summed E-state index contributed by atoms with van der Waals surface area (Å²) in [5.74, 6) is -1.81. The zero-order chi connectivity index (χ0) is 53.6. The van der Waals surface area contributed by atoms with E-state index in [0.717, 1.165) is 81.4 Å². The molecule has 0 radical (unpaired) electrons. The number of rotatable bonds is 42. The molecule has 6 N–H and O–H groups in total. The van der Waals surface area contributed by atoms with Crippen LogP contribution in [0.5, 0.6) is 0 Å². The SMILES string of the molecule is CCCCC/C=C\C/C=C\C/C=C\C=C\C(=O)CCCC(=O)O[C@H](COC(=O)CCCCCCCCC/C=C\C/C=C\CCCCC)COP(=O)(O)OP(=O)(O)OC[C@H]1O[C@@H](n2ccc(N)nc2=O)[C@H](O)[C@@H]1O. The lowest BCUT2D eigenvalue weighted by Gasteiger charge is -2.21. The Balaban J connectivity index is 1.85. The van der Waals surface area contributed by atoms with Crippen LogP contribution in [-0.4, -0.2) is 91.5 Å². The number of phosphoric ester groups is 2. The predicted octanol–water partition coefficient (Wildman–Crippen LogP) is 10.1. The van der Waals surface area contributed by atoms with E-state index in [1.807, 2.05) is 12.2 Å². The summed E-state index contributed by atoms with van der Waals surface area (Å²) < 4.78 is 56.5. The molecule has 1 saturated heterocycles. The first-order chi connectivity index (χ1) is 35.1. The number of ether oxygens (including phenoxy) is 3. The van der Waals surface area contributed by atoms with Crippen molar-refractivity contribution in [2.45, 2.75) is 192 Å². The minimum Gasteiger partial charge on any atom is -0.462 e. The number of nitrogens with zero attached hydrogens (tertiary/aromatic N) is 2. The van der Waals surface area contributed by atoms with Gasteiger partial charge >= 0.3 is 33.3 Å². The van der Waals surface area contributed by atoms with Gasteiger partial charge in [0, 0.05) is 25.5 Å². The van der Waals surface area contributed by atoms with Crippen LogP contribution >= 0.6 is 15.6 Å². The van der Waals surface area contributed by atoms with E-state index in [0.29, 0.717) is 12.8 Å². The average molecular weight is 1070 g/mol. The number of carbonyl (C=O) groups is 3. The number of esters is 2. The monoisotopic (exact) mass is 1070 g/mol. The van der Waals surface area contributed by atoms with Crippen molar-refractivity contribution in [3.05, 3.63) is 95.7 Å². The number of nitrogen functional groups attached to an aromatic ring is 1. The Morgan fingerprint density at radius 3 is 1.86 bits per heavy atom. The van der Waals surface area contributed by atoms with Gasteiger partial charge < -0.3 is 39.9 Å². The fourth-order valence-electron chi connectivity index (χ4n) is 7.18. The maximum Gasteiger partial charge on any atom is 0.481 e. The summed E-state index contributed by atoms with van der Waals surface area (Å²) >= 11 is 0. The molecule has 2 rings (SSSR count). The molecule has 21 heteroatoms. The minimum absolute atomic E-state index is 0.0138. The molecule has 19 nitrogen and oxygen atoms in total. The van der Waals surface area contributed by atoms with Gasteiger partial charge in [-0.05, 0) is 82.8 Å². The van der Waals surface area contributed by atoms with Gasteiger partial charge in [0.2, 0.25) is 0 Å². The summed E-state index contributed by atoms with van der Waals surface area (Å²) in [4.78, 5) is 74.3. The van der Waals surface area contributed by atoms with Gasteiger partial charge in [-0.15, -0.1) is 0 Å². The lowest BCUT2D eigenvalue weighted by Crippen LogP contribution is -2.36. The lowest BCUT2D eigenvalue weighted by molar-refractivity contribution is -0.161. The van der Waals surface area contributed by atoms with Crippen molar-refractivity contribution in [2.24, 2.45) is 0 Å². The van der Waals surface area contributed by atoms with Crippen LogP contribution in [0.1, 0.15) is 168 Å². The van der Waals surface area contributed by atoms with Crippen LogP contribution in [0.3, 0.4) is 0 Å². The normalized spacial score (nSPS) is 19.5. The van der Waals surface area contributed by atoms with Gasteiger partial charge in [-0.3, -0.25) is 28.0 Å². The number of carbonyl (C=O) groups excluding carboxylic acids is 3. The van der Waals surface area contributed by atoms with Crippen molar-refractivity contribution in [2.75, 3.05) is 25.6 Å². The van der Waals surface area contributed by atoms with Crippen LogP contribution in [0.25, 0.3) is 0 Å². The molecule has 1 fully saturated rings. The summed E-state index contributed by atoms with van der Waals surface area (Å²) in [7, 11) is -11.0. The Kier molecular flexibility index (Phi) is 35.0. The quantitative estimate of drug-likeness (QED) is 0.0102. The van der Waals surface area contributed by atoms with Crippen molar-refractivity contribution in [1.29, 1.82) is 0 Å². The number of nitrogens with two attached hydrogens (primary N) is 1. The highest BCUT2D eigenvalue weighted by Gasteiger charge is 2.46. The first-order valence-electron chi connectivity index (χ1n) is 25.9. The van der Waals surface area contributed by atoms with Crippen LogP contribution in [0.2, 0.25) is 0 Å². The Bertz CT molecular complexity index is 2070. The molecule has 7 atom stereocenters. The number of allylic oxidation sites excluding steroid dienone is 12. The third kappa shape index (κ3) is 32.0. The second-order valence-electron chi connectivity index (χ2n) is 17.7. The van der Waals surface area contributed by atoms with Crippen molar-refractivity contribution < 1.29 is 71.1 Å². The van der Waals surface area contributed by atoms with Crippen LogP contribution in [0, 0.1) is 0 Å². The molecule has 0 aromatic carbocycles. The maximum atomic E-state index is 12.9. The minimum atomic E-state index is -5.49. The van der Waals surface area contributed by atoms with Gasteiger partial charge in [0.05, 0.1) is 13.2 Å². The highest BCUT2D eigenvalue weighted by molar-refractivity contribution is 7.61. The molecule has 2 unspecified atom stereocenters. The molecule has 1 aromatic rings. The van der Waals surface area contributed by atoms with E-state index in [1.165, 1.54) is 50.7 Å².